The SMILES string of the molecule is COC(=O)C(c1ccc(O)cc1)c1ccc(C=O)o1. The molecule has 0 aliphatic rings. The zero-order valence-electron chi connectivity index (χ0n) is 10.2. The van der Waals surface area contributed by atoms with E-state index >= 15 is 0 Å². The van der Waals surface area contributed by atoms with Crippen molar-refractivity contribution in [1.82, 2.24) is 0 Å². The lowest BCUT2D eigenvalue weighted by molar-refractivity contribution is -0.141. The number of aldehydes is 1. The van der Waals surface area contributed by atoms with Gasteiger partial charge in [-0.05, 0) is 29.8 Å². The zero-order chi connectivity index (χ0) is 13.8. The standard InChI is InChI=1S/C14H12O5/c1-18-14(17)13(9-2-4-10(16)5-3-9)12-7-6-11(8-15)19-12/h2-8,13,16H,1H3. The molecule has 1 unspecified atom stereocenters. The second kappa shape index (κ2) is 5.39. The second-order valence-electron chi connectivity index (χ2n) is 3.91. The quantitative estimate of drug-likeness (QED) is 0.673. The van der Waals surface area contributed by atoms with Crippen molar-refractivity contribution in [2.45, 2.75) is 5.92 Å². The molecule has 1 heterocycles. The highest BCUT2D eigenvalue weighted by Crippen LogP contribution is 2.28. The Morgan fingerprint density at radius 1 is 1.26 bits per heavy atom. The molecule has 1 aromatic heterocycles. The molecule has 0 saturated heterocycles. The zero-order valence-corrected chi connectivity index (χ0v) is 10.2. The Hall–Kier alpha value is -2.56. The van der Waals surface area contributed by atoms with Crippen molar-refractivity contribution >= 4 is 12.3 Å². The number of phenols is 1. The topological polar surface area (TPSA) is 76.7 Å². The Morgan fingerprint density at radius 3 is 2.47 bits per heavy atom. The Bertz CT molecular complexity index is 582. The minimum absolute atomic E-state index is 0.0976. The van der Waals surface area contributed by atoms with Crippen LogP contribution in [0.4, 0.5) is 0 Å². The van der Waals surface area contributed by atoms with Gasteiger partial charge in [-0.15, -0.1) is 0 Å². The van der Waals surface area contributed by atoms with Crippen LogP contribution in [0, 0.1) is 0 Å². The molecule has 0 bridgehead atoms. The third kappa shape index (κ3) is 2.65. The third-order valence-corrected chi connectivity index (χ3v) is 2.71. The van der Waals surface area contributed by atoms with Crippen LogP contribution in [-0.4, -0.2) is 24.5 Å². The van der Waals surface area contributed by atoms with Gasteiger partial charge in [-0.25, -0.2) is 0 Å². The van der Waals surface area contributed by atoms with E-state index in [1.807, 2.05) is 0 Å². The average Bonchev–Trinajstić information content (AvgIpc) is 2.89. The highest BCUT2D eigenvalue weighted by atomic mass is 16.5. The van der Waals surface area contributed by atoms with Crippen LogP contribution in [-0.2, 0) is 9.53 Å². The van der Waals surface area contributed by atoms with Crippen molar-refractivity contribution in [1.29, 1.82) is 0 Å². The summed E-state index contributed by atoms with van der Waals surface area (Å²) >= 11 is 0. The molecule has 0 radical (unpaired) electrons. The fourth-order valence-corrected chi connectivity index (χ4v) is 1.79. The number of hydrogen-bond acceptors (Lipinski definition) is 5. The molecule has 19 heavy (non-hydrogen) atoms. The van der Waals surface area contributed by atoms with Crippen LogP contribution in [0.25, 0.3) is 0 Å². The average molecular weight is 260 g/mol. The van der Waals surface area contributed by atoms with Gasteiger partial charge in [0.05, 0.1) is 7.11 Å². The fraction of sp³-hybridized carbons (Fsp3) is 0.143. The Balaban J connectivity index is 2.43. The monoisotopic (exact) mass is 260 g/mol. The molecule has 1 N–H and O–H groups in total. The Kier molecular flexibility index (Phi) is 3.66. The first-order valence-electron chi connectivity index (χ1n) is 5.57. The maximum absolute atomic E-state index is 11.9. The summed E-state index contributed by atoms with van der Waals surface area (Å²) < 4.78 is 10.0. The summed E-state index contributed by atoms with van der Waals surface area (Å²) in [5.74, 6) is -0.709. The Morgan fingerprint density at radius 2 is 1.95 bits per heavy atom. The van der Waals surface area contributed by atoms with E-state index in [4.69, 9.17) is 9.15 Å². The van der Waals surface area contributed by atoms with Gasteiger partial charge >= 0.3 is 5.97 Å². The van der Waals surface area contributed by atoms with Crippen LogP contribution in [0.2, 0.25) is 0 Å². The highest BCUT2D eigenvalue weighted by molar-refractivity contribution is 5.82. The van der Waals surface area contributed by atoms with Crippen molar-refractivity contribution in [2.75, 3.05) is 7.11 Å². The molecule has 0 spiro atoms. The number of carbonyl (C=O) groups is 2. The number of benzene rings is 1. The molecule has 0 aliphatic heterocycles. The number of rotatable bonds is 4. The predicted molar refractivity (Wildman–Crippen MR) is 66.1 cm³/mol. The molecule has 1 atom stereocenters. The first-order chi connectivity index (χ1) is 9.15. The van der Waals surface area contributed by atoms with Crippen molar-refractivity contribution in [3.8, 4) is 5.75 Å². The summed E-state index contributed by atoms with van der Waals surface area (Å²) in [6, 6.07) is 9.17. The van der Waals surface area contributed by atoms with E-state index in [2.05, 4.69) is 0 Å². The first-order valence-corrected chi connectivity index (χ1v) is 5.57. The number of ether oxygens (including phenoxy) is 1. The van der Waals surface area contributed by atoms with Gasteiger partial charge in [0.25, 0.3) is 0 Å². The second-order valence-corrected chi connectivity index (χ2v) is 3.91. The van der Waals surface area contributed by atoms with E-state index < -0.39 is 11.9 Å². The number of hydrogen-bond donors (Lipinski definition) is 1. The fourth-order valence-electron chi connectivity index (χ4n) is 1.79. The molecule has 1 aromatic carbocycles. The summed E-state index contributed by atoms with van der Waals surface area (Å²) in [6.07, 6.45) is 0.564. The van der Waals surface area contributed by atoms with Gasteiger partial charge in [0.1, 0.15) is 17.4 Å². The number of aromatic hydroxyl groups is 1. The van der Waals surface area contributed by atoms with Crippen LogP contribution in [0.1, 0.15) is 27.8 Å². The van der Waals surface area contributed by atoms with E-state index in [1.165, 1.54) is 25.3 Å². The summed E-state index contributed by atoms with van der Waals surface area (Å²) in [5, 5.41) is 9.26. The van der Waals surface area contributed by atoms with Crippen molar-refractivity contribution < 1.29 is 23.8 Å². The molecule has 0 aliphatic carbocycles. The molecule has 0 saturated carbocycles. The van der Waals surface area contributed by atoms with Gasteiger partial charge in [-0.3, -0.25) is 9.59 Å². The van der Waals surface area contributed by atoms with Crippen molar-refractivity contribution in [3.63, 3.8) is 0 Å². The summed E-state index contributed by atoms with van der Waals surface area (Å²) in [4.78, 5) is 22.5. The van der Waals surface area contributed by atoms with Crippen molar-refractivity contribution in [3.05, 3.63) is 53.5 Å². The molecule has 98 valence electrons. The Labute approximate surface area is 109 Å². The highest BCUT2D eigenvalue weighted by Gasteiger charge is 2.26. The number of carbonyl (C=O) groups excluding carboxylic acids is 2. The van der Waals surface area contributed by atoms with Crippen molar-refractivity contribution in [2.24, 2.45) is 0 Å². The molecule has 2 rings (SSSR count). The van der Waals surface area contributed by atoms with Gasteiger partial charge in [-0.1, -0.05) is 12.1 Å². The van der Waals surface area contributed by atoms with E-state index in [1.54, 1.807) is 18.2 Å². The van der Waals surface area contributed by atoms with E-state index in [0.29, 0.717) is 17.6 Å². The minimum Gasteiger partial charge on any atom is -0.508 e. The van der Waals surface area contributed by atoms with Gasteiger partial charge in [0.2, 0.25) is 0 Å². The number of phenolic OH excluding ortho intramolecular Hbond substituents is 1. The van der Waals surface area contributed by atoms with Gasteiger partial charge in [0.15, 0.2) is 12.0 Å². The van der Waals surface area contributed by atoms with Crippen LogP contribution in [0.15, 0.2) is 40.8 Å². The van der Waals surface area contributed by atoms with Crippen LogP contribution in [0.5, 0.6) is 5.75 Å². The molecular formula is C14H12O5. The molecule has 0 amide bonds. The lowest BCUT2D eigenvalue weighted by Crippen LogP contribution is -2.15. The molecule has 0 fully saturated rings. The van der Waals surface area contributed by atoms with E-state index in [-0.39, 0.29) is 11.5 Å². The van der Waals surface area contributed by atoms with E-state index in [9.17, 15) is 14.7 Å². The maximum Gasteiger partial charge on any atom is 0.320 e. The van der Waals surface area contributed by atoms with Gasteiger partial charge < -0.3 is 14.3 Å². The van der Waals surface area contributed by atoms with Gasteiger partial charge in [0, 0.05) is 0 Å². The summed E-state index contributed by atoms with van der Waals surface area (Å²) in [6.45, 7) is 0. The van der Waals surface area contributed by atoms with E-state index in [0.717, 1.165) is 0 Å². The maximum atomic E-state index is 11.9. The lowest BCUT2D eigenvalue weighted by Gasteiger charge is -2.12. The smallest absolute Gasteiger partial charge is 0.320 e. The van der Waals surface area contributed by atoms with Crippen LogP contribution < -0.4 is 0 Å². The minimum atomic E-state index is -0.765. The summed E-state index contributed by atoms with van der Waals surface area (Å²) in [7, 11) is 1.28. The molecule has 5 nitrogen and oxygen atoms in total. The molecule has 2 aromatic rings. The summed E-state index contributed by atoms with van der Waals surface area (Å²) in [5.41, 5.74) is 0.608. The third-order valence-electron chi connectivity index (χ3n) is 2.71. The number of methoxy groups -OCH3 is 1. The molecular weight excluding hydrogens is 248 g/mol. The first kappa shape index (κ1) is 12.9. The normalized spacial score (nSPS) is 11.8. The van der Waals surface area contributed by atoms with Crippen LogP contribution >= 0.6 is 0 Å². The largest absolute Gasteiger partial charge is 0.508 e. The number of esters is 1. The van der Waals surface area contributed by atoms with Crippen LogP contribution in [0.3, 0.4) is 0 Å². The lowest BCUT2D eigenvalue weighted by atomic mass is 9.96. The predicted octanol–water partition coefficient (Wildman–Crippen LogP) is 2.10. The number of furan rings is 1. The van der Waals surface area contributed by atoms with Gasteiger partial charge in [-0.2, -0.15) is 0 Å². The molecule has 5 heteroatoms.